The second-order valence-electron chi connectivity index (χ2n) is 6.47. The van der Waals surface area contributed by atoms with E-state index in [1.807, 2.05) is 4.90 Å². The second kappa shape index (κ2) is 7.35. The summed E-state index contributed by atoms with van der Waals surface area (Å²) in [4.78, 5) is 23.2. The molecule has 1 fully saturated rings. The Balaban J connectivity index is 1.82. The van der Waals surface area contributed by atoms with E-state index in [2.05, 4.69) is 22.2 Å². The Hall–Kier alpha value is -2.21. The van der Waals surface area contributed by atoms with E-state index >= 15 is 0 Å². The molecule has 3 rings (SSSR count). The van der Waals surface area contributed by atoms with Crippen molar-refractivity contribution in [3.8, 4) is 0 Å². The molecule has 5 nitrogen and oxygen atoms in total. The fourth-order valence-electron chi connectivity index (χ4n) is 2.97. The van der Waals surface area contributed by atoms with Crippen molar-refractivity contribution in [3.05, 3.63) is 46.5 Å². The molecular formula is C18H20ClFN4O. The quantitative estimate of drug-likeness (QED) is 0.889. The van der Waals surface area contributed by atoms with Gasteiger partial charge < -0.3 is 10.2 Å². The molecule has 1 aromatic carbocycles. The molecular weight excluding hydrogens is 343 g/mol. The maximum atomic E-state index is 13.3. The van der Waals surface area contributed by atoms with Gasteiger partial charge in [-0.2, -0.15) is 0 Å². The van der Waals surface area contributed by atoms with Crippen LogP contribution in [0.2, 0.25) is 5.02 Å². The number of aromatic nitrogens is 2. The summed E-state index contributed by atoms with van der Waals surface area (Å²) in [5.74, 6) is 0.209. The van der Waals surface area contributed by atoms with Crippen LogP contribution in [0.25, 0.3) is 0 Å². The van der Waals surface area contributed by atoms with E-state index in [1.165, 1.54) is 12.1 Å². The van der Waals surface area contributed by atoms with Gasteiger partial charge in [0.25, 0.3) is 5.91 Å². The third-order valence-electron chi connectivity index (χ3n) is 4.19. The molecule has 1 aliphatic heterocycles. The molecule has 25 heavy (non-hydrogen) atoms. The summed E-state index contributed by atoms with van der Waals surface area (Å²) in [5, 5.41) is 2.99. The van der Waals surface area contributed by atoms with Gasteiger partial charge in [0.2, 0.25) is 5.95 Å². The third-order valence-corrected chi connectivity index (χ3v) is 4.48. The molecule has 1 saturated heterocycles. The van der Waals surface area contributed by atoms with Gasteiger partial charge in [0.1, 0.15) is 11.5 Å². The first-order valence-electron chi connectivity index (χ1n) is 8.29. The molecule has 7 heteroatoms. The predicted molar refractivity (Wildman–Crippen MR) is 95.8 cm³/mol. The van der Waals surface area contributed by atoms with Gasteiger partial charge in [-0.25, -0.2) is 14.4 Å². The molecule has 2 aromatic rings. The Morgan fingerprint density at radius 1 is 1.36 bits per heavy atom. The number of carbonyl (C=O) groups is 1. The number of amides is 1. The van der Waals surface area contributed by atoms with Crippen molar-refractivity contribution < 1.29 is 9.18 Å². The third kappa shape index (κ3) is 4.25. The summed E-state index contributed by atoms with van der Waals surface area (Å²) in [6.45, 7) is 5.46. The Labute approximate surface area is 151 Å². The van der Waals surface area contributed by atoms with Crippen LogP contribution in [0.5, 0.6) is 0 Å². The van der Waals surface area contributed by atoms with Crippen LogP contribution >= 0.6 is 11.6 Å². The summed E-state index contributed by atoms with van der Waals surface area (Å²) >= 11 is 5.79. The summed E-state index contributed by atoms with van der Waals surface area (Å²) in [5.41, 5.74) is 1.60. The minimum absolute atomic E-state index is 0.0104. The number of anilines is 2. The smallest absolute Gasteiger partial charge is 0.272 e. The molecule has 0 saturated carbocycles. The van der Waals surface area contributed by atoms with E-state index < -0.39 is 5.82 Å². The van der Waals surface area contributed by atoms with E-state index in [0.717, 1.165) is 25.9 Å². The number of nitrogens with zero attached hydrogens (tertiary/aromatic N) is 3. The molecule has 132 valence electrons. The Morgan fingerprint density at radius 3 is 2.88 bits per heavy atom. The summed E-state index contributed by atoms with van der Waals surface area (Å²) in [6, 6.07) is 5.95. The number of hydrogen-bond acceptors (Lipinski definition) is 4. The maximum Gasteiger partial charge on any atom is 0.272 e. The van der Waals surface area contributed by atoms with E-state index in [0.29, 0.717) is 23.0 Å². The normalized spacial score (nSPS) is 17.4. The number of aryl methyl sites for hydroxylation is 1. The SMILES string of the molecule is Cc1cc(C(=O)N2CCCC(C)C2)nc(Nc2ccc(F)c(Cl)c2)n1. The fourth-order valence-corrected chi connectivity index (χ4v) is 3.15. The van der Waals surface area contributed by atoms with Crippen LogP contribution < -0.4 is 5.32 Å². The lowest BCUT2D eigenvalue weighted by atomic mass is 10.00. The van der Waals surface area contributed by atoms with Gasteiger partial charge in [-0.1, -0.05) is 18.5 Å². The summed E-state index contributed by atoms with van der Waals surface area (Å²) < 4.78 is 13.3. The molecule has 1 aliphatic rings. The Bertz CT molecular complexity index is 799. The predicted octanol–water partition coefficient (Wildman–Crippen LogP) is 4.19. The van der Waals surface area contributed by atoms with Gasteiger partial charge in [-0.15, -0.1) is 0 Å². The van der Waals surface area contributed by atoms with Gasteiger partial charge in [-0.3, -0.25) is 4.79 Å². The molecule has 0 spiro atoms. The molecule has 0 aliphatic carbocycles. The van der Waals surface area contributed by atoms with E-state index in [1.54, 1.807) is 19.1 Å². The largest absolute Gasteiger partial charge is 0.337 e. The minimum atomic E-state index is -0.493. The van der Waals surface area contributed by atoms with E-state index in [4.69, 9.17) is 11.6 Å². The number of hydrogen-bond donors (Lipinski definition) is 1. The van der Waals surface area contributed by atoms with Gasteiger partial charge in [0, 0.05) is 24.5 Å². The zero-order valence-corrected chi connectivity index (χ0v) is 15.0. The van der Waals surface area contributed by atoms with Crippen molar-refractivity contribution in [2.45, 2.75) is 26.7 Å². The number of likely N-dealkylation sites (tertiary alicyclic amines) is 1. The van der Waals surface area contributed by atoms with E-state index in [-0.39, 0.29) is 16.9 Å². The molecule has 0 radical (unpaired) electrons. The van der Waals surface area contributed by atoms with Crippen LogP contribution in [0.1, 0.15) is 35.9 Å². The van der Waals surface area contributed by atoms with Gasteiger partial charge in [0.15, 0.2) is 0 Å². The molecule has 2 heterocycles. The number of halogens is 2. The monoisotopic (exact) mass is 362 g/mol. The molecule has 1 atom stereocenters. The first-order valence-corrected chi connectivity index (χ1v) is 8.67. The number of nitrogens with one attached hydrogen (secondary N) is 1. The molecule has 1 amide bonds. The standard InChI is InChI=1S/C18H20ClFN4O/c1-11-4-3-7-24(10-11)17(25)16-8-12(2)21-18(23-16)22-13-5-6-15(20)14(19)9-13/h5-6,8-9,11H,3-4,7,10H2,1-2H3,(H,21,22,23). The molecule has 1 unspecified atom stereocenters. The lowest BCUT2D eigenvalue weighted by Gasteiger charge is -2.30. The van der Waals surface area contributed by atoms with Crippen LogP contribution in [0.15, 0.2) is 24.3 Å². The highest BCUT2D eigenvalue weighted by Gasteiger charge is 2.23. The highest BCUT2D eigenvalue weighted by atomic mass is 35.5. The number of carbonyl (C=O) groups excluding carboxylic acids is 1. The van der Waals surface area contributed by atoms with Crippen LogP contribution in [-0.4, -0.2) is 33.9 Å². The summed E-state index contributed by atoms with van der Waals surface area (Å²) in [7, 11) is 0. The summed E-state index contributed by atoms with van der Waals surface area (Å²) in [6.07, 6.45) is 2.15. The average molecular weight is 363 g/mol. The van der Waals surface area contributed by atoms with Gasteiger partial charge in [0.05, 0.1) is 5.02 Å². The fraction of sp³-hybridized carbons (Fsp3) is 0.389. The maximum absolute atomic E-state index is 13.3. The number of benzene rings is 1. The van der Waals surface area contributed by atoms with Crippen molar-refractivity contribution in [1.29, 1.82) is 0 Å². The van der Waals surface area contributed by atoms with Gasteiger partial charge in [-0.05, 0) is 49.9 Å². The van der Waals surface area contributed by atoms with Crippen LogP contribution in [-0.2, 0) is 0 Å². The topological polar surface area (TPSA) is 58.1 Å². The van der Waals surface area contributed by atoms with Crippen molar-refractivity contribution in [3.63, 3.8) is 0 Å². The molecule has 1 aromatic heterocycles. The number of piperidine rings is 1. The van der Waals surface area contributed by atoms with Crippen molar-refractivity contribution in [2.24, 2.45) is 5.92 Å². The van der Waals surface area contributed by atoms with Crippen LogP contribution in [0.3, 0.4) is 0 Å². The zero-order chi connectivity index (χ0) is 18.0. The van der Waals surface area contributed by atoms with Crippen LogP contribution in [0.4, 0.5) is 16.0 Å². The first-order chi connectivity index (χ1) is 11.9. The second-order valence-corrected chi connectivity index (χ2v) is 6.88. The van der Waals surface area contributed by atoms with Crippen molar-refractivity contribution in [2.75, 3.05) is 18.4 Å². The molecule has 0 bridgehead atoms. The van der Waals surface area contributed by atoms with E-state index in [9.17, 15) is 9.18 Å². The minimum Gasteiger partial charge on any atom is -0.337 e. The highest BCUT2D eigenvalue weighted by molar-refractivity contribution is 6.31. The van der Waals surface area contributed by atoms with Crippen LogP contribution in [0, 0.1) is 18.7 Å². The highest BCUT2D eigenvalue weighted by Crippen LogP contribution is 2.22. The zero-order valence-electron chi connectivity index (χ0n) is 14.2. The molecule has 1 N–H and O–H groups in total. The number of rotatable bonds is 3. The first kappa shape index (κ1) is 17.6. The average Bonchev–Trinajstić information content (AvgIpc) is 2.57. The van der Waals surface area contributed by atoms with Crippen molar-refractivity contribution >= 4 is 29.1 Å². The lowest BCUT2D eigenvalue weighted by molar-refractivity contribution is 0.0677. The van der Waals surface area contributed by atoms with Gasteiger partial charge >= 0.3 is 0 Å². The Kier molecular flexibility index (Phi) is 5.18. The van der Waals surface area contributed by atoms with Crippen molar-refractivity contribution in [1.82, 2.24) is 14.9 Å². The lowest BCUT2D eigenvalue weighted by Crippen LogP contribution is -2.39. The Morgan fingerprint density at radius 2 is 2.16 bits per heavy atom.